The van der Waals surface area contributed by atoms with Gasteiger partial charge in [-0.3, -0.25) is 4.21 Å². The van der Waals surface area contributed by atoms with Crippen LogP contribution in [0.4, 0.5) is 0 Å². The van der Waals surface area contributed by atoms with E-state index < -0.39 is 10.8 Å². The van der Waals surface area contributed by atoms with E-state index in [1.165, 1.54) is 5.56 Å². The van der Waals surface area contributed by atoms with E-state index in [2.05, 4.69) is 11.9 Å². The molecule has 0 unspecified atom stereocenters. The first-order valence-electron chi connectivity index (χ1n) is 4.02. The normalized spacial score (nSPS) is 12.8. The molecule has 1 aromatic rings. The first-order valence-corrected chi connectivity index (χ1v) is 5.58. The van der Waals surface area contributed by atoms with Crippen molar-refractivity contribution < 1.29 is 4.21 Å². The second-order valence-electron chi connectivity index (χ2n) is 2.71. The Morgan fingerprint density at radius 3 is 2.92 bits per heavy atom. The lowest BCUT2D eigenvalue weighted by Gasteiger charge is -1.99. The number of pyridine rings is 1. The number of hydrogen-bond acceptors (Lipinski definition) is 2. The van der Waals surface area contributed by atoms with Crippen LogP contribution in [0.1, 0.15) is 18.9 Å². The number of aromatic nitrogens is 1. The van der Waals surface area contributed by atoms with E-state index in [4.69, 9.17) is 0 Å². The number of aryl methyl sites for hydroxylation is 1. The van der Waals surface area contributed by atoms with Crippen LogP contribution >= 0.6 is 0 Å². The molecule has 0 aliphatic rings. The first kappa shape index (κ1) is 9.39. The molecule has 1 rings (SSSR count). The Hall–Kier alpha value is -0.700. The van der Waals surface area contributed by atoms with E-state index in [1.807, 2.05) is 12.1 Å². The lowest BCUT2D eigenvalue weighted by Crippen LogP contribution is -1.93. The molecule has 2 nitrogen and oxygen atoms in total. The third kappa shape index (κ3) is 2.41. The Bertz CT molecular complexity index is 286. The minimum Gasteiger partial charge on any atom is -0.253 e. The largest absolute Gasteiger partial charge is 0.253 e. The van der Waals surface area contributed by atoms with E-state index in [9.17, 15) is 4.21 Å². The molecule has 66 valence electrons. The standard InChI is InChI=1S/C9H13NOS/c1-3-4-8-5-6-10-9(7-8)12(2)11/h5-7H,3-4H2,1-2H3/t12-/m0/s1. The highest BCUT2D eigenvalue weighted by Crippen LogP contribution is 2.06. The molecule has 0 saturated carbocycles. The van der Waals surface area contributed by atoms with Crippen molar-refractivity contribution in [3.05, 3.63) is 23.9 Å². The SMILES string of the molecule is CCCc1ccnc([S@](C)=O)c1. The summed E-state index contributed by atoms with van der Waals surface area (Å²) in [5.41, 5.74) is 1.22. The second kappa shape index (κ2) is 4.36. The summed E-state index contributed by atoms with van der Waals surface area (Å²) in [5.74, 6) is 0. The molecule has 1 atom stereocenters. The summed E-state index contributed by atoms with van der Waals surface area (Å²) in [7, 11) is -0.954. The molecule has 3 heteroatoms. The van der Waals surface area contributed by atoms with E-state index >= 15 is 0 Å². The average Bonchev–Trinajstić information content (AvgIpc) is 2.05. The molecule has 0 spiro atoms. The van der Waals surface area contributed by atoms with Gasteiger partial charge in [0, 0.05) is 12.5 Å². The van der Waals surface area contributed by atoms with Crippen LogP contribution in [0, 0.1) is 0 Å². The van der Waals surface area contributed by atoms with E-state index in [0.717, 1.165) is 12.8 Å². The first-order chi connectivity index (χ1) is 5.74. The maximum absolute atomic E-state index is 11.1. The Morgan fingerprint density at radius 1 is 1.58 bits per heavy atom. The molecule has 0 N–H and O–H groups in total. The van der Waals surface area contributed by atoms with Crippen molar-refractivity contribution >= 4 is 10.8 Å². The quantitative estimate of drug-likeness (QED) is 0.715. The van der Waals surface area contributed by atoms with Crippen molar-refractivity contribution in [2.24, 2.45) is 0 Å². The second-order valence-corrected chi connectivity index (χ2v) is 4.03. The molecule has 0 saturated heterocycles. The lowest BCUT2D eigenvalue weighted by atomic mass is 10.2. The molecule has 0 aliphatic carbocycles. The molecular weight excluding hydrogens is 170 g/mol. The summed E-state index contributed by atoms with van der Waals surface area (Å²) in [5, 5.41) is 0.681. The predicted molar refractivity (Wildman–Crippen MR) is 50.6 cm³/mol. The fourth-order valence-electron chi connectivity index (χ4n) is 1.05. The Balaban J connectivity index is 2.88. The van der Waals surface area contributed by atoms with Crippen molar-refractivity contribution in [1.29, 1.82) is 0 Å². The minimum absolute atomic E-state index is 0.681. The summed E-state index contributed by atoms with van der Waals surface area (Å²) < 4.78 is 11.1. The van der Waals surface area contributed by atoms with Crippen molar-refractivity contribution in [3.8, 4) is 0 Å². The summed E-state index contributed by atoms with van der Waals surface area (Å²) in [4.78, 5) is 4.02. The van der Waals surface area contributed by atoms with Crippen molar-refractivity contribution in [3.63, 3.8) is 0 Å². The van der Waals surface area contributed by atoms with Crippen LogP contribution in [0.25, 0.3) is 0 Å². The van der Waals surface area contributed by atoms with Crippen molar-refractivity contribution in [2.45, 2.75) is 24.8 Å². The maximum atomic E-state index is 11.1. The molecule has 1 aromatic heterocycles. The third-order valence-electron chi connectivity index (χ3n) is 1.63. The summed E-state index contributed by atoms with van der Waals surface area (Å²) in [6.45, 7) is 2.13. The van der Waals surface area contributed by atoms with Crippen LogP contribution in [0.2, 0.25) is 0 Å². The van der Waals surface area contributed by atoms with Gasteiger partial charge in [0.15, 0.2) is 0 Å². The predicted octanol–water partition coefficient (Wildman–Crippen LogP) is 1.77. The van der Waals surface area contributed by atoms with Gasteiger partial charge >= 0.3 is 0 Å². The van der Waals surface area contributed by atoms with Crippen LogP contribution < -0.4 is 0 Å². The molecular formula is C9H13NOS. The Kier molecular flexibility index (Phi) is 3.41. The molecule has 0 fully saturated rings. The molecule has 1 heterocycles. The van der Waals surface area contributed by atoms with Gasteiger partial charge in [0.1, 0.15) is 5.03 Å². The Labute approximate surface area is 75.5 Å². The third-order valence-corrected chi connectivity index (χ3v) is 2.44. The zero-order chi connectivity index (χ0) is 8.97. The Morgan fingerprint density at radius 2 is 2.33 bits per heavy atom. The van der Waals surface area contributed by atoms with Gasteiger partial charge in [-0.25, -0.2) is 4.98 Å². The molecule has 12 heavy (non-hydrogen) atoms. The maximum Gasteiger partial charge on any atom is 0.127 e. The van der Waals surface area contributed by atoms with Crippen molar-refractivity contribution in [2.75, 3.05) is 6.26 Å². The lowest BCUT2D eigenvalue weighted by molar-refractivity contribution is 0.684. The smallest absolute Gasteiger partial charge is 0.127 e. The summed E-state index contributed by atoms with van der Waals surface area (Å²) >= 11 is 0. The number of hydrogen-bond donors (Lipinski definition) is 0. The van der Waals surface area contributed by atoms with Crippen LogP contribution in [0.15, 0.2) is 23.4 Å². The zero-order valence-corrected chi connectivity index (χ0v) is 8.23. The highest BCUT2D eigenvalue weighted by molar-refractivity contribution is 7.84. The molecule has 0 amide bonds. The van der Waals surface area contributed by atoms with Crippen molar-refractivity contribution in [1.82, 2.24) is 4.98 Å². The monoisotopic (exact) mass is 183 g/mol. The van der Waals surface area contributed by atoms with Gasteiger partial charge in [0.2, 0.25) is 0 Å². The van der Waals surface area contributed by atoms with Crippen LogP contribution in [-0.4, -0.2) is 15.4 Å². The molecule has 0 aromatic carbocycles. The summed E-state index contributed by atoms with van der Waals surface area (Å²) in [6, 6.07) is 3.89. The highest BCUT2D eigenvalue weighted by Gasteiger charge is 1.99. The topological polar surface area (TPSA) is 30.0 Å². The van der Waals surface area contributed by atoms with Gasteiger partial charge in [-0.05, 0) is 24.1 Å². The van der Waals surface area contributed by atoms with Gasteiger partial charge in [-0.1, -0.05) is 13.3 Å². The van der Waals surface area contributed by atoms with Gasteiger partial charge < -0.3 is 0 Å². The fourth-order valence-corrected chi connectivity index (χ4v) is 1.58. The van der Waals surface area contributed by atoms with E-state index in [-0.39, 0.29) is 0 Å². The van der Waals surface area contributed by atoms with E-state index in [0.29, 0.717) is 5.03 Å². The number of rotatable bonds is 3. The molecule has 0 bridgehead atoms. The fraction of sp³-hybridized carbons (Fsp3) is 0.444. The summed E-state index contributed by atoms with van der Waals surface area (Å²) in [6.07, 6.45) is 5.52. The van der Waals surface area contributed by atoms with Gasteiger partial charge in [0.25, 0.3) is 0 Å². The van der Waals surface area contributed by atoms with Gasteiger partial charge in [-0.15, -0.1) is 0 Å². The zero-order valence-electron chi connectivity index (χ0n) is 7.41. The van der Waals surface area contributed by atoms with E-state index in [1.54, 1.807) is 12.5 Å². The highest BCUT2D eigenvalue weighted by atomic mass is 32.2. The van der Waals surface area contributed by atoms with Crippen LogP contribution in [0.3, 0.4) is 0 Å². The van der Waals surface area contributed by atoms with Crippen LogP contribution in [-0.2, 0) is 17.2 Å². The molecule has 0 aliphatic heterocycles. The minimum atomic E-state index is -0.954. The number of nitrogens with zero attached hydrogens (tertiary/aromatic N) is 1. The molecule has 0 radical (unpaired) electrons. The van der Waals surface area contributed by atoms with Gasteiger partial charge in [-0.2, -0.15) is 0 Å². The van der Waals surface area contributed by atoms with Gasteiger partial charge in [0.05, 0.1) is 10.8 Å². The van der Waals surface area contributed by atoms with Crippen LogP contribution in [0.5, 0.6) is 0 Å². The average molecular weight is 183 g/mol.